The standard InChI is InChI=1S/C19H24N4O3/c1-26-12-15-3-5-16(6-4-15)18(24)22-13-19(25)7-2-10-23(14-19)17-11-20-8-9-21-17/h3-6,8-9,11,25H,2,7,10,12-14H2,1H3,(H,22,24)/t19-/m0/s1. The maximum atomic E-state index is 12.4. The minimum Gasteiger partial charge on any atom is -0.386 e. The monoisotopic (exact) mass is 356 g/mol. The molecule has 7 heteroatoms. The molecule has 1 fully saturated rings. The lowest BCUT2D eigenvalue weighted by Gasteiger charge is -2.39. The second-order valence-electron chi connectivity index (χ2n) is 6.63. The molecule has 1 aromatic carbocycles. The van der Waals surface area contributed by atoms with E-state index >= 15 is 0 Å². The number of benzene rings is 1. The predicted molar refractivity (Wildman–Crippen MR) is 97.9 cm³/mol. The number of nitrogens with one attached hydrogen (secondary N) is 1. The molecule has 1 amide bonds. The number of carbonyl (C=O) groups excluding carboxylic acids is 1. The van der Waals surface area contributed by atoms with Gasteiger partial charge in [0.15, 0.2) is 0 Å². The van der Waals surface area contributed by atoms with E-state index in [0.29, 0.717) is 25.1 Å². The molecule has 2 N–H and O–H groups in total. The van der Waals surface area contributed by atoms with Gasteiger partial charge in [0.05, 0.1) is 18.4 Å². The highest BCUT2D eigenvalue weighted by Gasteiger charge is 2.34. The Morgan fingerprint density at radius 2 is 2.15 bits per heavy atom. The van der Waals surface area contributed by atoms with Crippen molar-refractivity contribution in [2.45, 2.75) is 25.0 Å². The molecular weight excluding hydrogens is 332 g/mol. The number of amides is 1. The highest BCUT2D eigenvalue weighted by Crippen LogP contribution is 2.24. The van der Waals surface area contributed by atoms with Gasteiger partial charge in [-0.25, -0.2) is 4.98 Å². The Morgan fingerprint density at radius 1 is 1.35 bits per heavy atom. The van der Waals surface area contributed by atoms with Crippen LogP contribution in [0.3, 0.4) is 0 Å². The minimum atomic E-state index is -0.985. The molecule has 0 radical (unpaired) electrons. The summed E-state index contributed by atoms with van der Waals surface area (Å²) in [5, 5.41) is 13.7. The second-order valence-corrected chi connectivity index (χ2v) is 6.63. The lowest BCUT2D eigenvalue weighted by molar-refractivity contribution is 0.0254. The normalized spacial score (nSPS) is 20.0. The number of piperidine rings is 1. The summed E-state index contributed by atoms with van der Waals surface area (Å²) in [5.74, 6) is 0.546. The van der Waals surface area contributed by atoms with Gasteiger partial charge in [0.25, 0.3) is 5.91 Å². The second kappa shape index (κ2) is 8.25. The first kappa shape index (κ1) is 18.3. The minimum absolute atomic E-state index is 0.195. The largest absolute Gasteiger partial charge is 0.386 e. The predicted octanol–water partition coefficient (Wildman–Crippen LogP) is 1.38. The molecule has 2 aromatic rings. The smallest absolute Gasteiger partial charge is 0.251 e. The summed E-state index contributed by atoms with van der Waals surface area (Å²) in [6.45, 7) is 1.94. The Labute approximate surface area is 153 Å². The molecule has 1 aromatic heterocycles. The molecule has 7 nitrogen and oxygen atoms in total. The SMILES string of the molecule is COCc1ccc(C(=O)NC[C@@]2(O)CCCN(c3cnccn3)C2)cc1. The van der Waals surface area contributed by atoms with Gasteiger partial charge in [-0.15, -0.1) is 0 Å². The number of rotatable bonds is 6. The van der Waals surface area contributed by atoms with Crippen molar-refractivity contribution in [3.8, 4) is 0 Å². The number of hydrogen-bond acceptors (Lipinski definition) is 6. The molecule has 0 saturated carbocycles. The highest BCUT2D eigenvalue weighted by molar-refractivity contribution is 5.94. The highest BCUT2D eigenvalue weighted by atomic mass is 16.5. The zero-order valence-corrected chi connectivity index (χ0v) is 14.9. The lowest BCUT2D eigenvalue weighted by Crippen LogP contribution is -2.54. The fraction of sp³-hybridized carbons (Fsp3) is 0.421. The fourth-order valence-electron chi connectivity index (χ4n) is 3.17. The van der Waals surface area contributed by atoms with Crippen LogP contribution in [-0.4, -0.2) is 53.3 Å². The van der Waals surface area contributed by atoms with Crippen LogP contribution in [0.15, 0.2) is 42.9 Å². The Kier molecular flexibility index (Phi) is 5.80. The Morgan fingerprint density at radius 3 is 2.85 bits per heavy atom. The first-order valence-electron chi connectivity index (χ1n) is 8.69. The number of aliphatic hydroxyl groups is 1. The van der Waals surface area contributed by atoms with Gasteiger partial charge in [0.2, 0.25) is 0 Å². The molecule has 1 saturated heterocycles. The van der Waals surface area contributed by atoms with Gasteiger partial charge in [0.1, 0.15) is 5.82 Å². The van der Waals surface area contributed by atoms with E-state index < -0.39 is 5.60 Å². The average Bonchev–Trinajstić information content (AvgIpc) is 2.68. The van der Waals surface area contributed by atoms with E-state index in [1.165, 1.54) is 0 Å². The molecule has 1 aliphatic heterocycles. The van der Waals surface area contributed by atoms with Crippen molar-refractivity contribution in [1.82, 2.24) is 15.3 Å². The van der Waals surface area contributed by atoms with Crippen LogP contribution < -0.4 is 10.2 Å². The number of aromatic nitrogens is 2. The van der Waals surface area contributed by atoms with Gasteiger partial charge in [-0.05, 0) is 30.5 Å². The maximum Gasteiger partial charge on any atom is 0.251 e. The number of ether oxygens (including phenoxy) is 1. The summed E-state index contributed by atoms with van der Waals surface area (Å²) in [6, 6.07) is 7.26. The van der Waals surface area contributed by atoms with E-state index in [9.17, 15) is 9.90 Å². The van der Waals surface area contributed by atoms with Crippen LogP contribution in [0.2, 0.25) is 0 Å². The van der Waals surface area contributed by atoms with Gasteiger partial charge in [-0.3, -0.25) is 9.78 Å². The third kappa shape index (κ3) is 4.56. The van der Waals surface area contributed by atoms with Crippen molar-refractivity contribution in [3.63, 3.8) is 0 Å². The van der Waals surface area contributed by atoms with Gasteiger partial charge in [0, 0.05) is 44.7 Å². The summed E-state index contributed by atoms with van der Waals surface area (Å²) in [5.41, 5.74) is 0.589. The number of nitrogens with zero attached hydrogens (tertiary/aromatic N) is 3. The molecule has 0 aliphatic carbocycles. The van der Waals surface area contributed by atoms with E-state index in [1.807, 2.05) is 17.0 Å². The van der Waals surface area contributed by atoms with Crippen LogP contribution in [0, 0.1) is 0 Å². The number of carbonyl (C=O) groups is 1. The lowest BCUT2D eigenvalue weighted by atomic mass is 9.92. The molecule has 3 rings (SSSR count). The molecular formula is C19H24N4O3. The van der Waals surface area contributed by atoms with Gasteiger partial charge < -0.3 is 20.1 Å². The topological polar surface area (TPSA) is 87.6 Å². The van der Waals surface area contributed by atoms with Crippen molar-refractivity contribution in [2.24, 2.45) is 0 Å². The van der Waals surface area contributed by atoms with Crippen molar-refractivity contribution < 1.29 is 14.6 Å². The molecule has 0 bridgehead atoms. The quantitative estimate of drug-likeness (QED) is 0.813. The van der Waals surface area contributed by atoms with Gasteiger partial charge >= 0.3 is 0 Å². The fourth-order valence-corrected chi connectivity index (χ4v) is 3.17. The molecule has 26 heavy (non-hydrogen) atoms. The molecule has 0 spiro atoms. The van der Waals surface area contributed by atoms with Crippen molar-refractivity contribution in [2.75, 3.05) is 31.6 Å². The zero-order valence-electron chi connectivity index (χ0n) is 14.9. The van der Waals surface area contributed by atoms with Crippen molar-refractivity contribution in [1.29, 1.82) is 0 Å². The molecule has 1 aliphatic rings. The van der Waals surface area contributed by atoms with Crippen LogP contribution >= 0.6 is 0 Å². The summed E-state index contributed by atoms with van der Waals surface area (Å²) in [4.78, 5) is 22.7. The molecule has 0 unspecified atom stereocenters. The van der Waals surface area contributed by atoms with Crippen molar-refractivity contribution >= 4 is 11.7 Å². The van der Waals surface area contributed by atoms with E-state index in [1.54, 1.807) is 37.8 Å². The average molecular weight is 356 g/mol. The Bertz CT molecular complexity index is 723. The summed E-state index contributed by atoms with van der Waals surface area (Å²) in [7, 11) is 1.63. The van der Waals surface area contributed by atoms with Gasteiger partial charge in [-0.2, -0.15) is 0 Å². The summed E-state index contributed by atoms with van der Waals surface area (Å²) < 4.78 is 5.07. The van der Waals surface area contributed by atoms with E-state index in [0.717, 1.165) is 24.3 Å². The Balaban J connectivity index is 1.58. The van der Waals surface area contributed by atoms with E-state index in [2.05, 4.69) is 15.3 Å². The molecule has 1 atom stereocenters. The first-order chi connectivity index (χ1) is 12.6. The maximum absolute atomic E-state index is 12.4. The third-order valence-electron chi connectivity index (χ3n) is 4.53. The zero-order chi connectivity index (χ0) is 18.4. The Hall–Kier alpha value is -2.51. The summed E-state index contributed by atoms with van der Waals surface area (Å²) >= 11 is 0. The van der Waals surface area contributed by atoms with Crippen LogP contribution in [0.1, 0.15) is 28.8 Å². The van der Waals surface area contributed by atoms with Crippen molar-refractivity contribution in [3.05, 3.63) is 54.0 Å². The van der Waals surface area contributed by atoms with E-state index in [4.69, 9.17) is 4.74 Å². The van der Waals surface area contributed by atoms with Crippen LogP contribution in [0.5, 0.6) is 0 Å². The van der Waals surface area contributed by atoms with Crippen LogP contribution in [-0.2, 0) is 11.3 Å². The van der Waals surface area contributed by atoms with E-state index in [-0.39, 0.29) is 12.5 Å². The third-order valence-corrected chi connectivity index (χ3v) is 4.53. The van der Waals surface area contributed by atoms with Crippen LogP contribution in [0.25, 0.3) is 0 Å². The number of methoxy groups -OCH3 is 1. The van der Waals surface area contributed by atoms with Gasteiger partial charge in [-0.1, -0.05) is 12.1 Å². The number of hydrogen-bond donors (Lipinski definition) is 2. The molecule has 2 heterocycles. The number of anilines is 1. The molecule has 138 valence electrons. The van der Waals surface area contributed by atoms with Crippen LogP contribution in [0.4, 0.5) is 5.82 Å². The number of β-amino-alcohol motifs (C(OH)–C–C–N with tert-alkyl or cyclic N) is 1. The first-order valence-corrected chi connectivity index (χ1v) is 8.69. The summed E-state index contributed by atoms with van der Waals surface area (Å²) in [6.07, 6.45) is 6.41.